The molecule has 0 aliphatic carbocycles. The summed E-state index contributed by atoms with van der Waals surface area (Å²) in [6.07, 6.45) is 1.27. The van der Waals surface area contributed by atoms with Gasteiger partial charge in [0.05, 0.1) is 25.0 Å². The highest BCUT2D eigenvalue weighted by Crippen LogP contribution is 2.32. The summed E-state index contributed by atoms with van der Waals surface area (Å²) in [5, 5.41) is 3.02. The third kappa shape index (κ3) is 4.85. The molecule has 0 bridgehead atoms. The zero-order valence-electron chi connectivity index (χ0n) is 18.7. The summed E-state index contributed by atoms with van der Waals surface area (Å²) >= 11 is 0. The van der Waals surface area contributed by atoms with Crippen molar-refractivity contribution in [2.75, 3.05) is 32.6 Å². The van der Waals surface area contributed by atoms with Crippen LogP contribution in [0.25, 0.3) is 0 Å². The van der Waals surface area contributed by atoms with Crippen LogP contribution in [0.1, 0.15) is 29.5 Å². The van der Waals surface area contributed by atoms with E-state index in [9.17, 15) is 13.2 Å². The molecule has 0 spiro atoms. The van der Waals surface area contributed by atoms with Gasteiger partial charge in [-0.2, -0.15) is 4.31 Å². The predicted molar refractivity (Wildman–Crippen MR) is 120 cm³/mol. The Morgan fingerprint density at radius 1 is 1.03 bits per heavy atom. The van der Waals surface area contributed by atoms with E-state index in [-0.39, 0.29) is 17.3 Å². The molecule has 2 aromatic rings. The second-order valence-corrected chi connectivity index (χ2v) is 9.92. The van der Waals surface area contributed by atoms with E-state index in [4.69, 9.17) is 9.47 Å². The average Bonchev–Trinajstić information content (AvgIpc) is 2.75. The molecule has 0 saturated carbocycles. The Bertz CT molecular complexity index is 1060. The van der Waals surface area contributed by atoms with Crippen molar-refractivity contribution in [3.63, 3.8) is 0 Å². The summed E-state index contributed by atoms with van der Waals surface area (Å²) in [6.45, 7) is 6.47. The smallest absolute Gasteiger partial charge is 0.243 e. The lowest BCUT2D eigenvalue weighted by Crippen LogP contribution is -2.43. The molecule has 2 aromatic carbocycles. The number of benzene rings is 2. The van der Waals surface area contributed by atoms with Crippen LogP contribution in [0.15, 0.2) is 35.2 Å². The fourth-order valence-electron chi connectivity index (χ4n) is 4.10. The van der Waals surface area contributed by atoms with Crippen LogP contribution in [0.4, 0.5) is 5.69 Å². The number of nitrogens with one attached hydrogen (secondary N) is 1. The number of carbonyl (C=O) groups is 1. The van der Waals surface area contributed by atoms with Gasteiger partial charge < -0.3 is 14.8 Å². The van der Waals surface area contributed by atoms with Gasteiger partial charge in [-0.05, 0) is 56.9 Å². The largest absolute Gasteiger partial charge is 0.493 e. The minimum atomic E-state index is -3.76. The van der Waals surface area contributed by atoms with Crippen molar-refractivity contribution in [3.05, 3.63) is 47.0 Å². The van der Waals surface area contributed by atoms with Gasteiger partial charge in [-0.3, -0.25) is 4.79 Å². The fourth-order valence-corrected chi connectivity index (χ4v) is 5.64. The van der Waals surface area contributed by atoms with E-state index < -0.39 is 15.9 Å². The Morgan fingerprint density at radius 2 is 1.68 bits per heavy atom. The highest BCUT2D eigenvalue weighted by Gasteiger charge is 2.34. The summed E-state index contributed by atoms with van der Waals surface area (Å²) in [4.78, 5) is 13.1. The van der Waals surface area contributed by atoms with Crippen LogP contribution in [0.5, 0.6) is 11.5 Å². The van der Waals surface area contributed by atoms with Gasteiger partial charge in [0.1, 0.15) is 0 Å². The maximum atomic E-state index is 13.2. The van der Waals surface area contributed by atoms with E-state index in [1.807, 2.05) is 32.9 Å². The number of methoxy groups -OCH3 is 2. The quantitative estimate of drug-likeness (QED) is 0.732. The SMILES string of the molecule is COc1ccc(S(=O)(=O)N2CCCC(C(=O)Nc3c(C)cc(C)cc3C)C2)cc1OC. The highest BCUT2D eigenvalue weighted by atomic mass is 32.2. The Labute approximate surface area is 184 Å². The topological polar surface area (TPSA) is 84.9 Å². The molecule has 1 saturated heterocycles. The molecule has 168 valence electrons. The Balaban J connectivity index is 1.79. The van der Waals surface area contributed by atoms with Crippen LogP contribution in [-0.4, -0.2) is 45.9 Å². The van der Waals surface area contributed by atoms with Crippen LogP contribution < -0.4 is 14.8 Å². The van der Waals surface area contributed by atoms with E-state index in [1.54, 1.807) is 6.07 Å². The third-order valence-corrected chi connectivity index (χ3v) is 7.53. The van der Waals surface area contributed by atoms with Crippen LogP contribution in [-0.2, 0) is 14.8 Å². The predicted octanol–water partition coefficient (Wildman–Crippen LogP) is 3.67. The Hall–Kier alpha value is -2.58. The van der Waals surface area contributed by atoms with Crippen molar-refractivity contribution in [3.8, 4) is 11.5 Å². The van der Waals surface area contributed by atoms with E-state index in [2.05, 4.69) is 5.32 Å². The molecule has 3 rings (SSSR count). The number of anilines is 1. The number of aryl methyl sites for hydroxylation is 3. The molecular weight excluding hydrogens is 416 g/mol. The second-order valence-electron chi connectivity index (χ2n) is 7.98. The summed E-state index contributed by atoms with van der Waals surface area (Å²) in [6, 6.07) is 8.58. The molecule has 8 heteroatoms. The number of piperidine rings is 1. The molecule has 1 atom stereocenters. The molecule has 31 heavy (non-hydrogen) atoms. The average molecular weight is 447 g/mol. The Morgan fingerprint density at radius 3 is 2.29 bits per heavy atom. The van der Waals surface area contributed by atoms with Crippen LogP contribution >= 0.6 is 0 Å². The van der Waals surface area contributed by atoms with E-state index in [0.717, 1.165) is 22.4 Å². The maximum absolute atomic E-state index is 13.2. The molecule has 1 fully saturated rings. The first-order valence-electron chi connectivity index (χ1n) is 10.3. The van der Waals surface area contributed by atoms with Gasteiger partial charge in [0, 0.05) is 24.8 Å². The summed E-state index contributed by atoms with van der Waals surface area (Å²) in [7, 11) is -0.803. The van der Waals surface area contributed by atoms with Crippen molar-refractivity contribution in [2.45, 2.75) is 38.5 Å². The lowest BCUT2D eigenvalue weighted by molar-refractivity contribution is -0.120. The number of nitrogens with zero attached hydrogens (tertiary/aromatic N) is 1. The van der Waals surface area contributed by atoms with Crippen molar-refractivity contribution < 1.29 is 22.7 Å². The van der Waals surface area contributed by atoms with Crippen LogP contribution in [0, 0.1) is 26.7 Å². The van der Waals surface area contributed by atoms with Gasteiger partial charge in [0.25, 0.3) is 0 Å². The minimum absolute atomic E-state index is 0.122. The number of carbonyl (C=O) groups excluding carboxylic acids is 1. The van der Waals surface area contributed by atoms with Gasteiger partial charge in [-0.15, -0.1) is 0 Å². The molecular formula is C23H30N2O5S. The number of hydrogen-bond donors (Lipinski definition) is 1. The van der Waals surface area contributed by atoms with Gasteiger partial charge in [-0.1, -0.05) is 17.7 Å². The molecule has 1 unspecified atom stereocenters. The first kappa shape index (κ1) is 23.1. The van der Waals surface area contributed by atoms with Gasteiger partial charge in [0.2, 0.25) is 15.9 Å². The van der Waals surface area contributed by atoms with E-state index in [0.29, 0.717) is 30.9 Å². The lowest BCUT2D eigenvalue weighted by Gasteiger charge is -2.31. The molecule has 1 aliphatic rings. The second kappa shape index (κ2) is 9.28. The van der Waals surface area contributed by atoms with Gasteiger partial charge >= 0.3 is 0 Å². The highest BCUT2D eigenvalue weighted by molar-refractivity contribution is 7.89. The number of sulfonamides is 1. The third-order valence-electron chi connectivity index (χ3n) is 5.67. The summed E-state index contributed by atoms with van der Waals surface area (Å²) in [5.74, 6) is 0.243. The standard InChI is InChI=1S/C23H30N2O5S/c1-15-11-16(2)22(17(3)12-15)24-23(26)18-7-6-10-25(14-18)31(27,28)19-8-9-20(29-4)21(13-19)30-5/h8-9,11-13,18H,6-7,10,14H2,1-5H3,(H,24,26). The van der Waals surface area contributed by atoms with Gasteiger partial charge in [0.15, 0.2) is 11.5 Å². The van der Waals surface area contributed by atoms with Crippen molar-refractivity contribution in [2.24, 2.45) is 5.92 Å². The van der Waals surface area contributed by atoms with Crippen molar-refractivity contribution >= 4 is 21.6 Å². The van der Waals surface area contributed by atoms with Crippen molar-refractivity contribution in [1.29, 1.82) is 0 Å². The monoisotopic (exact) mass is 446 g/mol. The zero-order chi connectivity index (χ0) is 22.8. The molecule has 7 nitrogen and oxygen atoms in total. The maximum Gasteiger partial charge on any atom is 0.243 e. The fraction of sp³-hybridized carbons (Fsp3) is 0.435. The van der Waals surface area contributed by atoms with E-state index in [1.165, 1.54) is 30.7 Å². The lowest BCUT2D eigenvalue weighted by atomic mass is 9.98. The summed E-state index contributed by atoms with van der Waals surface area (Å²) < 4.78 is 38.3. The zero-order valence-corrected chi connectivity index (χ0v) is 19.5. The number of rotatable bonds is 6. The Kier molecular flexibility index (Phi) is 6.91. The van der Waals surface area contributed by atoms with Crippen LogP contribution in [0.2, 0.25) is 0 Å². The number of ether oxygens (including phenoxy) is 2. The normalized spacial score (nSPS) is 17.3. The molecule has 0 radical (unpaired) electrons. The minimum Gasteiger partial charge on any atom is -0.493 e. The first-order chi connectivity index (χ1) is 14.7. The molecule has 1 heterocycles. The van der Waals surface area contributed by atoms with Crippen LogP contribution in [0.3, 0.4) is 0 Å². The van der Waals surface area contributed by atoms with E-state index >= 15 is 0 Å². The molecule has 1 amide bonds. The molecule has 0 aromatic heterocycles. The number of hydrogen-bond acceptors (Lipinski definition) is 5. The molecule has 1 aliphatic heterocycles. The summed E-state index contributed by atoms with van der Waals surface area (Å²) in [5.41, 5.74) is 3.93. The first-order valence-corrected chi connectivity index (χ1v) is 11.7. The molecule has 1 N–H and O–H groups in total. The van der Waals surface area contributed by atoms with Crippen molar-refractivity contribution in [1.82, 2.24) is 4.31 Å². The number of amides is 1. The van der Waals surface area contributed by atoms with Gasteiger partial charge in [-0.25, -0.2) is 8.42 Å².